The average molecular weight is 351 g/mol. The molecule has 2 fully saturated rings. The van der Waals surface area contributed by atoms with E-state index in [1.165, 1.54) is 12.8 Å². The SMILES string of the molecule is COc1ccc(-c2ccncc2)cc1CNCC1CC(=O)N(C2CC2)C1. The predicted octanol–water partition coefficient (Wildman–Crippen LogP) is 2.86. The van der Waals surface area contributed by atoms with E-state index < -0.39 is 0 Å². The molecule has 136 valence electrons. The second kappa shape index (κ2) is 7.46. The fourth-order valence-electron chi connectivity index (χ4n) is 3.74. The molecule has 1 aliphatic heterocycles. The van der Waals surface area contributed by atoms with Gasteiger partial charge in [0.15, 0.2) is 0 Å². The largest absolute Gasteiger partial charge is 0.496 e. The van der Waals surface area contributed by atoms with Crippen LogP contribution in [0.1, 0.15) is 24.8 Å². The first-order valence-electron chi connectivity index (χ1n) is 9.32. The lowest BCUT2D eigenvalue weighted by Crippen LogP contribution is -2.29. The van der Waals surface area contributed by atoms with Crippen LogP contribution in [0.3, 0.4) is 0 Å². The molecule has 1 saturated heterocycles. The summed E-state index contributed by atoms with van der Waals surface area (Å²) in [5.74, 6) is 1.63. The molecule has 1 N–H and O–H groups in total. The maximum Gasteiger partial charge on any atom is 0.223 e. The van der Waals surface area contributed by atoms with E-state index in [0.29, 0.717) is 24.3 Å². The molecule has 1 aromatic heterocycles. The van der Waals surface area contributed by atoms with Gasteiger partial charge in [0, 0.05) is 50.1 Å². The summed E-state index contributed by atoms with van der Waals surface area (Å²) in [5.41, 5.74) is 3.43. The first kappa shape index (κ1) is 17.0. The lowest BCUT2D eigenvalue weighted by Gasteiger charge is -2.16. The molecule has 1 aliphatic carbocycles. The first-order chi connectivity index (χ1) is 12.7. The van der Waals surface area contributed by atoms with E-state index in [9.17, 15) is 4.79 Å². The van der Waals surface area contributed by atoms with Crippen LogP contribution in [-0.2, 0) is 11.3 Å². The number of pyridine rings is 1. The normalized spacial score (nSPS) is 19.8. The Kier molecular flexibility index (Phi) is 4.89. The summed E-state index contributed by atoms with van der Waals surface area (Å²) < 4.78 is 5.52. The molecule has 1 unspecified atom stereocenters. The van der Waals surface area contributed by atoms with Crippen molar-refractivity contribution in [2.24, 2.45) is 5.92 Å². The van der Waals surface area contributed by atoms with Gasteiger partial charge in [-0.05, 0) is 54.2 Å². The molecule has 5 nitrogen and oxygen atoms in total. The summed E-state index contributed by atoms with van der Waals surface area (Å²) in [6.45, 7) is 2.50. The Hall–Kier alpha value is -2.40. The number of benzene rings is 1. The van der Waals surface area contributed by atoms with E-state index in [1.807, 2.05) is 18.2 Å². The Morgan fingerprint density at radius 3 is 2.73 bits per heavy atom. The zero-order chi connectivity index (χ0) is 17.9. The quantitative estimate of drug-likeness (QED) is 0.833. The molecule has 1 aromatic carbocycles. The molecule has 2 aromatic rings. The first-order valence-corrected chi connectivity index (χ1v) is 9.32. The van der Waals surface area contributed by atoms with Crippen LogP contribution < -0.4 is 10.1 Å². The average Bonchev–Trinajstić information content (AvgIpc) is 3.45. The van der Waals surface area contributed by atoms with Crippen molar-refractivity contribution in [1.29, 1.82) is 0 Å². The van der Waals surface area contributed by atoms with E-state index in [0.717, 1.165) is 42.1 Å². The Morgan fingerprint density at radius 2 is 2.00 bits per heavy atom. The van der Waals surface area contributed by atoms with Crippen molar-refractivity contribution in [3.63, 3.8) is 0 Å². The van der Waals surface area contributed by atoms with E-state index in [4.69, 9.17) is 4.74 Å². The van der Waals surface area contributed by atoms with Crippen molar-refractivity contribution < 1.29 is 9.53 Å². The van der Waals surface area contributed by atoms with Crippen LogP contribution in [0.15, 0.2) is 42.7 Å². The zero-order valence-electron chi connectivity index (χ0n) is 15.1. The molecular formula is C21H25N3O2. The fraction of sp³-hybridized carbons (Fsp3) is 0.429. The Bertz CT molecular complexity index is 774. The van der Waals surface area contributed by atoms with Gasteiger partial charge in [-0.25, -0.2) is 0 Å². The smallest absolute Gasteiger partial charge is 0.223 e. The Labute approximate surface area is 154 Å². The van der Waals surface area contributed by atoms with Gasteiger partial charge in [0.1, 0.15) is 5.75 Å². The fourth-order valence-corrected chi connectivity index (χ4v) is 3.74. The van der Waals surface area contributed by atoms with Crippen LogP contribution >= 0.6 is 0 Å². The van der Waals surface area contributed by atoms with Crippen molar-refractivity contribution in [3.8, 4) is 16.9 Å². The molecule has 0 bridgehead atoms. The number of likely N-dealkylation sites (tertiary alicyclic amines) is 1. The van der Waals surface area contributed by atoms with Crippen LogP contribution in [0, 0.1) is 5.92 Å². The Balaban J connectivity index is 1.38. The predicted molar refractivity (Wildman–Crippen MR) is 101 cm³/mol. The standard InChI is InChI=1S/C21H25N3O2/c1-26-20-5-2-17(16-6-8-22-9-7-16)11-18(20)13-23-12-15-10-21(25)24(14-15)19-3-4-19/h2,5-9,11,15,19,23H,3-4,10,12-14H2,1H3. The number of hydrogen-bond acceptors (Lipinski definition) is 4. The van der Waals surface area contributed by atoms with Gasteiger partial charge >= 0.3 is 0 Å². The highest BCUT2D eigenvalue weighted by molar-refractivity contribution is 5.79. The number of ether oxygens (including phenoxy) is 1. The molecule has 0 spiro atoms. The highest BCUT2D eigenvalue weighted by Crippen LogP contribution is 2.32. The highest BCUT2D eigenvalue weighted by atomic mass is 16.5. The second-order valence-corrected chi connectivity index (χ2v) is 7.24. The zero-order valence-corrected chi connectivity index (χ0v) is 15.1. The maximum absolute atomic E-state index is 12.1. The number of aromatic nitrogens is 1. The van der Waals surface area contributed by atoms with Gasteiger partial charge in [-0.1, -0.05) is 6.07 Å². The molecular weight excluding hydrogens is 326 g/mol. The third kappa shape index (κ3) is 3.73. The van der Waals surface area contributed by atoms with E-state index in [-0.39, 0.29) is 0 Å². The lowest BCUT2D eigenvalue weighted by atomic mass is 10.0. The van der Waals surface area contributed by atoms with Crippen LogP contribution in [0.5, 0.6) is 5.75 Å². The van der Waals surface area contributed by atoms with Crippen LogP contribution in [0.4, 0.5) is 0 Å². The third-order valence-electron chi connectivity index (χ3n) is 5.27. The van der Waals surface area contributed by atoms with Crippen LogP contribution in [0.2, 0.25) is 0 Å². The monoisotopic (exact) mass is 351 g/mol. The minimum Gasteiger partial charge on any atom is -0.496 e. The van der Waals surface area contributed by atoms with Crippen molar-refractivity contribution in [2.75, 3.05) is 20.2 Å². The molecule has 2 aliphatic rings. The van der Waals surface area contributed by atoms with Gasteiger partial charge in [-0.3, -0.25) is 9.78 Å². The molecule has 1 atom stereocenters. The summed E-state index contributed by atoms with van der Waals surface area (Å²) in [6.07, 6.45) is 6.66. The number of nitrogens with one attached hydrogen (secondary N) is 1. The molecule has 5 heteroatoms. The number of carbonyl (C=O) groups excluding carboxylic acids is 1. The van der Waals surface area contributed by atoms with E-state index in [2.05, 4.69) is 27.3 Å². The van der Waals surface area contributed by atoms with E-state index >= 15 is 0 Å². The van der Waals surface area contributed by atoms with Gasteiger partial charge in [-0.15, -0.1) is 0 Å². The number of nitrogens with zero attached hydrogens (tertiary/aromatic N) is 2. The third-order valence-corrected chi connectivity index (χ3v) is 5.27. The van der Waals surface area contributed by atoms with Gasteiger partial charge in [0.25, 0.3) is 0 Å². The summed E-state index contributed by atoms with van der Waals surface area (Å²) in [6, 6.07) is 10.8. The summed E-state index contributed by atoms with van der Waals surface area (Å²) in [7, 11) is 1.70. The molecule has 1 amide bonds. The summed E-state index contributed by atoms with van der Waals surface area (Å²) >= 11 is 0. The van der Waals surface area contributed by atoms with Gasteiger partial charge < -0.3 is 15.0 Å². The maximum atomic E-state index is 12.1. The minimum absolute atomic E-state index is 0.330. The number of amides is 1. The Morgan fingerprint density at radius 1 is 1.19 bits per heavy atom. The molecule has 26 heavy (non-hydrogen) atoms. The highest BCUT2D eigenvalue weighted by Gasteiger charge is 2.38. The number of carbonyl (C=O) groups is 1. The number of rotatable bonds is 7. The lowest BCUT2D eigenvalue weighted by molar-refractivity contribution is -0.128. The summed E-state index contributed by atoms with van der Waals surface area (Å²) in [4.78, 5) is 18.2. The molecule has 0 radical (unpaired) electrons. The molecule has 1 saturated carbocycles. The van der Waals surface area contributed by atoms with E-state index in [1.54, 1.807) is 19.5 Å². The number of methoxy groups -OCH3 is 1. The van der Waals surface area contributed by atoms with Gasteiger partial charge in [-0.2, -0.15) is 0 Å². The van der Waals surface area contributed by atoms with Crippen LogP contribution in [0.25, 0.3) is 11.1 Å². The molecule has 2 heterocycles. The van der Waals surface area contributed by atoms with Crippen molar-refractivity contribution >= 4 is 5.91 Å². The van der Waals surface area contributed by atoms with Crippen molar-refractivity contribution in [3.05, 3.63) is 48.3 Å². The molecule has 4 rings (SSSR count). The summed E-state index contributed by atoms with van der Waals surface area (Å²) in [5, 5.41) is 3.53. The van der Waals surface area contributed by atoms with Gasteiger partial charge in [0.05, 0.1) is 7.11 Å². The van der Waals surface area contributed by atoms with Crippen molar-refractivity contribution in [1.82, 2.24) is 15.2 Å². The van der Waals surface area contributed by atoms with Crippen LogP contribution in [-0.4, -0.2) is 42.0 Å². The second-order valence-electron chi connectivity index (χ2n) is 7.24. The number of hydrogen-bond donors (Lipinski definition) is 1. The van der Waals surface area contributed by atoms with Crippen molar-refractivity contribution in [2.45, 2.75) is 31.8 Å². The van der Waals surface area contributed by atoms with Gasteiger partial charge in [0.2, 0.25) is 5.91 Å². The minimum atomic E-state index is 0.330. The topological polar surface area (TPSA) is 54.5 Å².